The van der Waals surface area contributed by atoms with Gasteiger partial charge in [0, 0.05) is 24.2 Å². The summed E-state index contributed by atoms with van der Waals surface area (Å²) in [6.45, 7) is 1.97. The van der Waals surface area contributed by atoms with Gasteiger partial charge in [0.25, 0.3) is 0 Å². The second kappa shape index (κ2) is 4.60. The Balaban J connectivity index is 1.51. The lowest BCUT2D eigenvalue weighted by molar-refractivity contribution is 0.494. The Labute approximate surface area is 121 Å². The summed E-state index contributed by atoms with van der Waals surface area (Å²) in [4.78, 5) is 8.63. The number of anilines is 1. The molecule has 0 bridgehead atoms. The van der Waals surface area contributed by atoms with E-state index in [2.05, 4.69) is 16.1 Å². The predicted molar refractivity (Wildman–Crippen MR) is 76.9 cm³/mol. The summed E-state index contributed by atoms with van der Waals surface area (Å²) >= 11 is 1.86. The zero-order chi connectivity index (χ0) is 13.5. The van der Waals surface area contributed by atoms with Crippen molar-refractivity contribution in [3.8, 4) is 6.07 Å². The van der Waals surface area contributed by atoms with Gasteiger partial charge in [-0.15, -0.1) is 11.3 Å². The van der Waals surface area contributed by atoms with Crippen LogP contribution in [0.1, 0.15) is 35.0 Å². The largest absolute Gasteiger partial charge is 0.346 e. The maximum absolute atomic E-state index is 8.87. The third-order valence-corrected chi connectivity index (χ3v) is 5.34. The van der Waals surface area contributed by atoms with E-state index in [0.717, 1.165) is 25.9 Å². The molecular formula is C14H15N5S. The molecule has 20 heavy (non-hydrogen) atoms. The number of fused-ring (bicyclic) bond motifs is 1. The fourth-order valence-electron chi connectivity index (χ4n) is 3.04. The van der Waals surface area contributed by atoms with E-state index < -0.39 is 0 Å². The highest BCUT2D eigenvalue weighted by atomic mass is 32.1. The molecule has 2 aliphatic rings. The Kier molecular flexibility index (Phi) is 2.74. The molecule has 0 aromatic carbocycles. The molecule has 0 amide bonds. The average molecular weight is 285 g/mol. The van der Waals surface area contributed by atoms with Gasteiger partial charge in [-0.25, -0.2) is 4.98 Å². The van der Waals surface area contributed by atoms with E-state index in [0.29, 0.717) is 11.6 Å². The van der Waals surface area contributed by atoms with Gasteiger partial charge >= 0.3 is 0 Å². The molecular weight excluding hydrogens is 270 g/mol. The number of nitriles is 1. The van der Waals surface area contributed by atoms with Gasteiger partial charge in [-0.3, -0.25) is 4.68 Å². The van der Waals surface area contributed by atoms with Gasteiger partial charge in [0.2, 0.25) is 0 Å². The molecule has 5 nitrogen and oxygen atoms in total. The molecule has 2 aromatic rings. The van der Waals surface area contributed by atoms with Crippen molar-refractivity contribution < 1.29 is 0 Å². The molecule has 0 saturated carbocycles. The van der Waals surface area contributed by atoms with Crippen LogP contribution in [0.5, 0.6) is 0 Å². The molecule has 0 spiro atoms. The molecule has 1 saturated heterocycles. The normalized spacial score (nSPS) is 21.1. The van der Waals surface area contributed by atoms with Gasteiger partial charge in [-0.2, -0.15) is 10.4 Å². The number of hydrogen-bond donors (Lipinski definition) is 0. The van der Waals surface area contributed by atoms with Crippen molar-refractivity contribution in [3.05, 3.63) is 28.5 Å². The van der Waals surface area contributed by atoms with Crippen molar-refractivity contribution in [3.63, 3.8) is 0 Å². The number of aromatic nitrogens is 3. The first-order chi connectivity index (χ1) is 9.83. The maximum atomic E-state index is 8.87. The van der Waals surface area contributed by atoms with Gasteiger partial charge in [0.15, 0.2) is 5.13 Å². The van der Waals surface area contributed by atoms with Crippen LogP contribution in [0, 0.1) is 11.3 Å². The first-order valence-electron chi connectivity index (χ1n) is 7.01. The van der Waals surface area contributed by atoms with Gasteiger partial charge in [-0.05, 0) is 25.7 Å². The highest BCUT2D eigenvalue weighted by Gasteiger charge is 2.28. The Bertz CT molecular complexity index is 659. The molecule has 2 aromatic heterocycles. The molecule has 1 aliphatic heterocycles. The lowest BCUT2D eigenvalue weighted by Crippen LogP contribution is -2.21. The van der Waals surface area contributed by atoms with E-state index in [1.165, 1.54) is 28.5 Å². The molecule has 1 aliphatic carbocycles. The lowest BCUT2D eigenvalue weighted by Gasteiger charge is -2.15. The summed E-state index contributed by atoms with van der Waals surface area (Å²) < 4.78 is 1.93. The minimum Gasteiger partial charge on any atom is -0.346 e. The number of thiazole rings is 1. The zero-order valence-electron chi connectivity index (χ0n) is 11.1. The van der Waals surface area contributed by atoms with Gasteiger partial charge in [-0.1, -0.05) is 0 Å². The van der Waals surface area contributed by atoms with Crippen LogP contribution in [0.15, 0.2) is 12.4 Å². The summed E-state index contributed by atoms with van der Waals surface area (Å²) in [6, 6.07) is 2.49. The van der Waals surface area contributed by atoms with Crippen LogP contribution < -0.4 is 4.90 Å². The summed E-state index contributed by atoms with van der Waals surface area (Å²) in [6.07, 6.45) is 8.16. The Hall–Kier alpha value is -1.87. The first kappa shape index (κ1) is 11.9. The van der Waals surface area contributed by atoms with Crippen molar-refractivity contribution in [2.75, 3.05) is 18.0 Å². The van der Waals surface area contributed by atoms with Crippen LogP contribution >= 0.6 is 11.3 Å². The third-order valence-electron chi connectivity index (χ3n) is 4.12. The predicted octanol–water partition coefficient (Wildman–Crippen LogP) is 2.15. The van der Waals surface area contributed by atoms with E-state index >= 15 is 0 Å². The van der Waals surface area contributed by atoms with Gasteiger partial charge in [0.1, 0.15) is 6.07 Å². The van der Waals surface area contributed by atoms with E-state index in [1.807, 2.05) is 22.2 Å². The molecule has 102 valence electrons. The van der Waals surface area contributed by atoms with Crippen molar-refractivity contribution in [2.24, 2.45) is 0 Å². The topological polar surface area (TPSA) is 57.7 Å². The van der Waals surface area contributed by atoms with Crippen LogP contribution in [-0.2, 0) is 12.8 Å². The first-order valence-corrected chi connectivity index (χ1v) is 7.83. The molecule has 1 atom stereocenters. The highest BCUT2D eigenvalue weighted by molar-refractivity contribution is 7.15. The van der Waals surface area contributed by atoms with Crippen LogP contribution in [0.3, 0.4) is 0 Å². The smallest absolute Gasteiger partial charge is 0.185 e. The third kappa shape index (κ3) is 1.90. The minimum atomic E-state index is 0.357. The molecule has 6 heteroatoms. The standard InChI is InChI=1S/C14H15N5S/c15-6-10-7-16-19(8-10)11-4-5-18(9-11)14-17-12-2-1-3-13(12)20-14/h7-8,11H,1-5,9H2. The van der Waals surface area contributed by atoms with Crippen molar-refractivity contribution in [1.29, 1.82) is 5.26 Å². The second-order valence-electron chi connectivity index (χ2n) is 5.43. The Morgan fingerprint density at radius 1 is 1.40 bits per heavy atom. The number of aryl methyl sites for hydroxylation is 2. The number of nitrogens with zero attached hydrogens (tertiary/aromatic N) is 5. The monoisotopic (exact) mass is 285 g/mol. The number of rotatable bonds is 2. The molecule has 0 radical (unpaired) electrons. The molecule has 1 unspecified atom stereocenters. The number of hydrogen-bond acceptors (Lipinski definition) is 5. The van der Waals surface area contributed by atoms with Crippen molar-refractivity contribution in [1.82, 2.24) is 14.8 Å². The average Bonchev–Trinajstić information content (AvgIpc) is 3.20. The quantitative estimate of drug-likeness (QED) is 0.848. The van der Waals surface area contributed by atoms with E-state index in [4.69, 9.17) is 10.2 Å². The van der Waals surface area contributed by atoms with Crippen LogP contribution in [-0.4, -0.2) is 27.9 Å². The van der Waals surface area contributed by atoms with E-state index in [9.17, 15) is 0 Å². The molecule has 4 rings (SSSR count). The van der Waals surface area contributed by atoms with Crippen molar-refractivity contribution in [2.45, 2.75) is 31.7 Å². The van der Waals surface area contributed by atoms with Crippen molar-refractivity contribution >= 4 is 16.5 Å². The molecule has 0 N–H and O–H groups in total. The maximum Gasteiger partial charge on any atom is 0.185 e. The molecule has 3 heterocycles. The van der Waals surface area contributed by atoms with Crippen LogP contribution in [0.25, 0.3) is 0 Å². The second-order valence-corrected chi connectivity index (χ2v) is 6.49. The zero-order valence-corrected chi connectivity index (χ0v) is 11.9. The highest BCUT2D eigenvalue weighted by Crippen LogP contribution is 2.35. The summed E-state index contributed by atoms with van der Waals surface area (Å²) in [7, 11) is 0. The van der Waals surface area contributed by atoms with Gasteiger partial charge in [0.05, 0.1) is 23.5 Å². The van der Waals surface area contributed by atoms with E-state index in [1.54, 1.807) is 6.20 Å². The molecule has 1 fully saturated rings. The lowest BCUT2D eigenvalue weighted by atomic mass is 10.3. The SMILES string of the molecule is N#Cc1cnn(C2CCN(c3nc4c(s3)CCC4)C2)c1. The van der Waals surface area contributed by atoms with Crippen LogP contribution in [0.4, 0.5) is 5.13 Å². The Morgan fingerprint density at radius 2 is 2.35 bits per heavy atom. The fourth-order valence-corrected chi connectivity index (χ4v) is 4.22. The summed E-state index contributed by atoms with van der Waals surface area (Å²) in [5, 5.41) is 14.3. The minimum absolute atomic E-state index is 0.357. The van der Waals surface area contributed by atoms with E-state index in [-0.39, 0.29) is 0 Å². The van der Waals surface area contributed by atoms with Crippen LogP contribution in [0.2, 0.25) is 0 Å². The Morgan fingerprint density at radius 3 is 3.15 bits per heavy atom. The van der Waals surface area contributed by atoms with Gasteiger partial charge < -0.3 is 4.90 Å². The summed E-state index contributed by atoms with van der Waals surface area (Å²) in [5.41, 5.74) is 1.95. The fraction of sp³-hybridized carbons (Fsp3) is 0.500. The summed E-state index contributed by atoms with van der Waals surface area (Å²) in [5.74, 6) is 0.